The summed E-state index contributed by atoms with van der Waals surface area (Å²) in [5.74, 6) is 0.218. The summed E-state index contributed by atoms with van der Waals surface area (Å²) < 4.78 is 16.7. The molecule has 0 radical (unpaired) electrons. The van der Waals surface area contributed by atoms with Crippen molar-refractivity contribution < 1.29 is 23.8 Å². The van der Waals surface area contributed by atoms with E-state index < -0.39 is 5.97 Å². The molecule has 1 aliphatic heterocycles. The van der Waals surface area contributed by atoms with E-state index in [0.717, 1.165) is 0 Å². The second-order valence-electron chi connectivity index (χ2n) is 6.46. The first-order valence-electron chi connectivity index (χ1n) is 9.56. The van der Waals surface area contributed by atoms with Crippen LogP contribution >= 0.6 is 35.6 Å². The zero-order valence-corrected chi connectivity index (χ0v) is 19.8. The lowest BCUT2D eigenvalue weighted by Crippen LogP contribution is -2.27. The number of carbonyl (C=O) groups excluding carboxylic acids is 2. The third-order valence-electron chi connectivity index (χ3n) is 4.34. The molecule has 0 aliphatic carbocycles. The molecular formula is C23H20ClNO5S2. The molecule has 2 aromatic rings. The summed E-state index contributed by atoms with van der Waals surface area (Å²) in [6.07, 6.45) is 3.29. The van der Waals surface area contributed by atoms with E-state index in [1.807, 2.05) is 0 Å². The third kappa shape index (κ3) is 5.32. The second-order valence-corrected chi connectivity index (χ2v) is 8.54. The molecule has 0 aromatic heterocycles. The van der Waals surface area contributed by atoms with Gasteiger partial charge in [0.15, 0.2) is 11.5 Å². The molecule has 0 bridgehead atoms. The monoisotopic (exact) mass is 489 g/mol. The minimum absolute atomic E-state index is 0.102. The van der Waals surface area contributed by atoms with Crippen molar-refractivity contribution in [2.75, 3.05) is 20.3 Å². The lowest BCUT2D eigenvalue weighted by molar-refractivity contribution is -0.121. The molecule has 0 spiro atoms. The number of halogens is 1. The summed E-state index contributed by atoms with van der Waals surface area (Å²) in [4.78, 5) is 27.1. The van der Waals surface area contributed by atoms with E-state index in [0.29, 0.717) is 39.3 Å². The number of ether oxygens (including phenoxy) is 3. The van der Waals surface area contributed by atoms with Crippen LogP contribution in [0.15, 0.2) is 54.0 Å². The van der Waals surface area contributed by atoms with E-state index >= 15 is 0 Å². The molecule has 2 aromatic carbocycles. The Morgan fingerprint density at radius 1 is 1.28 bits per heavy atom. The van der Waals surface area contributed by atoms with Gasteiger partial charge in [-0.1, -0.05) is 41.7 Å². The number of hydrogen-bond acceptors (Lipinski definition) is 7. The number of thiocarbonyl (C=S) groups is 1. The minimum atomic E-state index is -0.589. The van der Waals surface area contributed by atoms with Gasteiger partial charge in [0.05, 0.1) is 29.2 Å². The van der Waals surface area contributed by atoms with Crippen molar-refractivity contribution in [2.24, 2.45) is 0 Å². The number of methoxy groups -OCH3 is 1. The molecule has 166 valence electrons. The predicted octanol–water partition coefficient (Wildman–Crippen LogP) is 5.35. The summed E-state index contributed by atoms with van der Waals surface area (Å²) in [6, 6.07) is 9.76. The Labute approximate surface area is 200 Å². The van der Waals surface area contributed by atoms with E-state index in [1.165, 1.54) is 16.7 Å². The SMILES string of the molecule is C=CCN1C(=O)/C(=C/c2cc(Cl)c(OC(=O)c3ccc(OC)cc3)c(OCC)c2)SC1=S. The number of rotatable bonds is 8. The summed E-state index contributed by atoms with van der Waals surface area (Å²) >= 11 is 12.9. The van der Waals surface area contributed by atoms with Gasteiger partial charge in [-0.25, -0.2) is 4.79 Å². The highest BCUT2D eigenvalue weighted by molar-refractivity contribution is 8.26. The van der Waals surface area contributed by atoms with E-state index in [4.69, 9.17) is 38.0 Å². The minimum Gasteiger partial charge on any atom is -0.497 e. The molecule has 1 heterocycles. The number of nitrogens with zero attached hydrogens (tertiary/aromatic N) is 1. The largest absolute Gasteiger partial charge is 0.497 e. The first-order chi connectivity index (χ1) is 15.4. The van der Waals surface area contributed by atoms with Crippen LogP contribution < -0.4 is 14.2 Å². The summed E-state index contributed by atoms with van der Waals surface area (Å²) in [5.41, 5.74) is 0.945. The van der Waals surface area contributed by atoms with Crippen molar-refractivity contribution in [3.8, 4) is 17.2 Å². The highest BCUT2D eigenvalue weighted by Gasteiger charge is 2.31. The number of hydrogen-bond donors (Lipinski definition) is 0. The van der Waals surface area contributed by atoms with Crippen molar-refractivity contribution in [1.29, 1.82) is 0 Å². The maximum absolute atomic E-state index is 12.6. The Bertz CT molecular complexity index is 1100. The average Bonchev–Trinajstić information content (AvgIpc) is 3.04. The number of amides is 1. The quantitative estimate of drug-likeness (QED) is 0.163. The fraction of sp³-hybridized carbons (Fsp3) is 0.174. The average molecular weight is 490 g/mol. The standard InChI is InChI=1S/C23H20ClNO5S2/c1-4-10-25-21(26)19(32-23(25)31)13-14-11-17(24)20(18(12-14)29-5-2)30-22(27)15-6-8-16(28-3)9-7-15/h4,6-9,11-13H,1,5,10H2,2-3H3/b19-13-. The zero-order chi connectivity index (χ0) is 23.3. The molecular weight excluding hydrogens is 470 g/mol. The van der Waals surface area contributed by atoms with Crippen LogP contribution in [0.25, 0.3) is 6.08 Å². The van der Waals surface area contributed by atoms with E-state index in [1.54, 1.807) is 62.6 Å². The first kappa shape index (κ1) is 23.8. The molecule has 0 saturated carbocycles. The highest BCUT2D eigenvalue weighted by Crippen LogP contribution is 2.39. The fourth-order valence-corrected chi connectivity index (χ4v) is 4.38. The molecule has 1 amide bonds. The van der Waals surface area contributed by atoms with Crippen molar-refractivity contribution >= 4 is 57.9 Å². The van der Waals surface area contributed by atoms with Crippen LogP contribution in [0.3, 0.4) is 0 Å². The Balaban J connectivity index is 1.89. The van der Waals surface area contributed by atoms with Crippen LogP contribution in [0.4, 0.5) is 0 Å². The van der Waals surface area contributed by atoms with E-state index in [9.17, 15) is 9.59 Å². The van der Waals surface area contributed by atoms with Gasteiger partial charge in [-0.3, -0.25) is 9.69 Å². The lowest BCUT2D eigenvalue weighted by atomic mass is 10.1. The van der Waals surface area contributed by atoms with Gasteiger partial charge in [0, 0.05) is 6.54 Å². The Morgan fingerprint density at radius 3 is 2.62 bits per heavy atom. The van der Waals surface area contributed by atoms with Crippen LogP contribution in [-0.4, -0.2) is 41.4 Å². The van der Waals surface area contributed by atoms with Gasteiger partial charge in [-0.2, -0.15) is 0 Å². The maximum Gasteiger partial charge on any atom is 0.343 e. The van der Waals surface area contributed by atoms with Gasteiger partial charge in [0.25, 0.3) is 5.91 Å². The van der Waals surface area contributed by atoms with Crippen molar-refractivity contribution in [2.45, 2.75) is 6.92 Å². The first-order valence-corrected chi connectivity index (χ1v) is 11.2. The molecule has 0 atom stereocenters. The molecule has 32 heavy (non-hydrogen) atoms. The molecule has 0 unspecified atom stereocenters. The van der Waals surface area contributed by atoms with Gasteiger partial charge >= 0.3 is 5.97 Å². The van der Waals surface area contributed by atoms with Gasteiger partial charge in [-0.15, -0.1) is 6.58 Å². The zero-order valence-electron chi connectivity index (χ0n) is 17.4. The predicted molar refractivity (Wildman–Crippen MR) is 131 cm³/mol. The maximum atomic E-state index is 12.6. The molecule has 3 rings (SSSR count). The van der Waals surface area contributed by atoms with Crippen molar-refractivity contribution in [1.82, 2.24) is 4.90 Å². The number of benzene rings is 2. The summed E-state index contributed by atoms with van der Waals surface area (Å²) in [7, 11) is 1.54. The number of carbonyl (C=O) groups is 2. The van der Waals surface area contributed by atoms with Gasteiger partial charge in [0.2, 0.25) is 0 Å². The van der Waals surface area contributed by atoms with Crippen molar-refractivity contribution in [3.05, 3.63) is 70.1 Å². The number of esters is 1. The molecule has 1 fully saturated rings. The Kier molecular flexibility index (Phi) is 7.95. The molecule has 6 nitrogen and oxygen atoms in total. The van der Waals surface area contributed by atoms with E-state index in [2.05, 4.69) is 6.58 Å². The molecule has 1 aliphatic rings. The second kappa shape index (κ2) is 10.7. The van der Waals surface area contributed by atoms with Crippen LogP contribution in [-0.2, 0) is 4.79 Å². The van der Waals surface area contributed by atoms with Crippen LogP contribution in [0.2, 0.25) is 5.02 Å². The number of thioether (sulfide) groups is 1. The van der Waals surface area contributed by atoms with Crippen molar-refractivity contribution in [3.63, 3.8) is 0 Å². The topological polar surface area (TPSA) is 65.1 Å². The Hall–Kier alpha value is -2.81. The van der Waals surface area contributed by atoms with Crippen LogP contribution in [0.5, 0.6) is 17.2 Å². The lowest BCUT2D eigenvalue weighted by Gasteiger charge is -2.14. The summed E-state index contributed by atoms with van der Waals surface area (Å²) in [6.45, 7) is 6.12. The summed E-state index contributed by atoms with van der Waals surface area (Å²) in [5, 5.41) is 0.172. The Morgan fingerprint density at radius 2 is 2.00 bits per heavy atom. The molecule has 1 saturated heterocycles. The van der Waals surface area contributed by atoms with Crippen LogP contribution in [0, 0.1) is 0 Å². The van der Waals surface area contributed by atoms with Gasteiger partial charge in [-0.05, 0) is 55.0 Å². The molecule has 9 heteroatoms. The fourth-order valence-electron chi connectivity index (χ4n) is 2.85. The van der Waals surface area contributed by atoms with Crippen LogP contribution in [0.1, 0.15) is 22.8 Å². The smallest absolute Gasteiger partial charge is 0.343 e. The van der Waals surface area contributed by atoms with Gasteiger partial charge in [0.1, 0.15) is 10.1 Å². The normalized spacial score (nSPS) is 14.6. The molecule has 0 N–H and O–H groups in total. The highest BCUT2D eigenvalue weighted by atomic mass is 35.5. The third-order valence-corrected chi connectivity index (χ3v) is 5.99. The van der Waals surface area contributed by atoms with Gasteiger partial charge < -0.3 is 14.2 Å². The van der Waals surface area contributed by atoms with E-state index in [-0.39, 0.29) is 22.4 Å².